The van der Waals surface area contributed by atoms with Crippen LogP contribution in [0, 0.1) is 0 Å². The average molecular weight is 548 g/mol. The molecule has 2 amide bonds. The molecule has 1 heterocycles. The van der Waals surface area contributed by atoms with Crippen molar-refractivity contribution < 1.29 is 19.1 Å². The largest absolute Gasteiger partial charge is 0.465 e. The normalized spacial score (nSPS) is 19.8. The van der Waals surface area contributed by atoms with E-state index in [1.54, 1.807) is 12.1 Å². The van der Waals surface area contributed by atoms with E-state index in [0.29, 0.717) is 42.7 Å². The van der Waals surface area contributed by atoms with Gasteiger partial charge < -0.3 is 19.7 Å². The van der Waals surface area contributed by atoms with Crippen LogP contribution in [0.15, 0.2) is 78.9 Å². The molecule has 1 N–H and O–H groups in total. The SMILES string of the molecule is COC(=O)c1ccc(CO[C@@H](CN2CCN(C(=O)N[C@H]3C[C@H]3c3ccccc3)CC2)c2ccc(Cl)cc2)cc1. The average Bonchev–Trinajstić information content (AvgIpc) is 3.75. The van der Waals surface area contributed by atoms with E-state index in [4.69, 9.17) is 21.1 Å². The van der Waals surface area contributed by atoms with Gasteiger partial charge in [0, 0.05) is 49.7 Å². The van der Waals surface area contributed by atoms with Crippen molar-refractivity contribution in [3.8, 4) is 0 Å². The van der Waals surface area contributed by atoms with Crippen molar-refractivity contribution in [3.63, 3.8) is 0 Å². The molecule has 1 aliphatic heterocycles. The van der Waals surface area contributed by atoms with Crippen molar-refractivity contribution in [3.05, 3.63) is 106 Å². The predicted octanol–water partition coefficient (Wildman–Crippen LogP) is 5.27. The van der Waals surface area contributed by atoms with Crippen molar-refractivity contribution in [2.24, 2.45) is 0 Å². The Kier molecular flexibility index (Phi) is 8.81. The highest BCUT2D eigenvalue weighted by Gasteiger charge is 2.40. The van der Waals surface area contributed by atoms with E-state index >= 15 is 0 Å². The zero-order chi connectivity index (χ0) is 27.2. The molecule has 204 valence electrons. The summed E-state index contributed by atoms with van der Waals surface area (Å²) in [6, 6.07) is 25.6. The van der Waals surface area contributed by atoms with E-state index in [0.717, 1.165) is 30.6 Å². The van der Waals surface area contributed by atoms with Crippen LogP contribution in [0.3, 0.4) is 0 Å². The fraction of sp³-hybridized carbons (Fsp3) is 0.355. The molecule has 2 fully saturated rings. The summed E-state index contributed by atoms with van der Waals surface area (Å²) in [5.74, 6) is 0.0628. The lowest BCUT2D eigenvalue weighted by molar-refractivity contribution is 0.00554. The first kappa shape index (κ1) is 27.2. The molecule has 0 spiro atoms. The molecule has 1 saturated carbocycles. The summed E-state index contributed by atoms with van der Waals surface area (Å²) in [7, 11) is 1.37. The van der Waals surface area contributed by atoms with Crippen LogP contribution in [-0.2, 0) is 16.1 Å². The number of hydrogen-bond acceptors (Lipinski definition) is 5. The highest BCUT2D eigenvalue weighted by molar-refractivity contribution is 6.30. The number of halogens is 1. The zero-order valence-corrected chi connectivity index (χ0v) is 22.8. The van der Waals surface area contributed by atoms with Crippen molar-refractivity contribution in [2.75, 3.05) is 39.8 Å². The minimum atomic E-state index is -0.359. The molecule has 1 aliphatic carbocycles. The number of carbonyl (C=O) groups excluding carboxylic acids is 2. The minimum Gasteiger partial charge on any atom is -0.465 e. The van der Waals surface area contributed by atoms with Crippen LogP contribution >= 0.6 is 11.6 Å². The van der Waals surface area contributed by atoms with E-state index in [-0.39, 0.29) is 24.1 Å². The monoisotopic (exact) mass is 547 g/mol. The fourth-order valence-corrected chi connectivity index (χ4v) is 5.15. The van der Waals surface area contributed by atoms with Gasteiger partial charge in [-0.15, -0.1) is 0 Å². The summed E-state index contributed by atoms with van der Waals surface area (Å²) >= 11 is 6.13. The van der Waals surface area contributed by atoms with Crippen molar-refractivity contribution >= 4 is 23.6 Å². The maximum absolute atomic E-state index is 12.9. The molecule has 3 aromatic rings. The number of esters is 1. The number of amides is 2. The Morgan fingerprint density at radius 2 is 1.64 bits per heavy atom. The summed E-state index contributed by atoms with van der Waals surface area (Å²) in [5, 5.41) is 3.90. The number of rotatable bonds is 9. The van der Waals surface area contributed by atoms with E-state index in [1.165, 1.54) is 12.7 Å². The number of ether oxygens (including phenoxy) is 2. The van der Waals surface area contributed by atoms with E-state index in [1.807, 2.05) is 59.5 Å². The van der Waals surface area contributed by atoms with Crippen LogP contribution in [0.5, 0.6) is 0 Å². The van der Waals surface area contributed by atoms with Gasteiger partial charge in [0.05, 0.1) is 25.4 Å². The molecule has 0 unspecified atom stereocenters. The molecule has 0 aromatic heterocycles. The molecule has 39 heavy (non-hydrogen) atoms. The molecule has 1 saturated heterocycles. The summed E-state index contributed by atoms with van der Waals surface area (Å²) < 4.78 is 11.2. The van der Waals surface area contributed by atoms with Gasteiger partial charge in [-0.3, -0.25) is 4.90 Å². The topological polar surface area (TPSA) is 71.1 Å². The van der Waals surface area contributed by atoms with Gasteiger partial charge in [-0.2, -0.15) is 0 Å². The Balaban J connectivity index is 1.13. The first-order valence-electron chi connectivity index (χ1n) is 13.4. The number of carbonyl (C=O) groups is 2. The zero-order valence-electron chi connectivity index (χ0n) is 22.1. The molecule has 3 atom stereocenters. The molecule has 0 bridgehead atoms. The predicted molar refractivity (Wildman–Crippen MR) is 151 cm³/mol. The summed E-state index contributed by atoms with van der Waals surface area (Å²) in [6.07, 6.45) is 0.836. The van der Waals surface area contributed by atoms with Gasteiger partial charge in [0.1, 0.15) is 0 Å². The first-order chi connectivity index (χ1) is 19.0. The maximum Gasteiger partial charge on any atom is 0.337 e. The first-order valence-corrected chi connectivity index (χ1v) is 13.7. The maximum atomic E-state index is 12.9. The van der Waals surface area contributed by atoms with Crippen LogP contribution < -0.4 is 5.32 Å². The second kappa shape index (κ2) is 12.6. The van der Waals surface area contributed by atoms with Crippen LogP contribution in [0.25, 0.3) is 0 Å². The fourth-order valence-electron chi connectivity index (χ4n) is 5.02. The standard InChI is InChI=1S/C31H34ClN3O4/c1-38-30(36)25-9-7-22(8-10-25)21-39-29(24-11-13-26(32)14-12-24)20-34-15-17-35(18-16-34)31(37)33-28-19-27(28)23-5-3-2-4-6-23/h2-14,27-29H,15-21H2,1H3,(H,33,37)/t27-,28-,29-/m0/s1. The second-order valence-corrected chi connectivity index (χ2v) is 10.6. The summed E-state index contributed by atoms with van der Waals surface area (Å²) in [4.78, 5) is 28.9. The third-order valence-electron chi connectivity index (χ3n) is 7.48. The van der Waals surface area contributed by atoms with Gasteiger partial charge in [-0.05, 0) is 47.4 Å². The number of urea groups is 1. The molecule has 8 heteroatoms. The molecule has 2 aliphatic rings. The quantitative estimate of drug-likeness (QED) is 0.370. The highest BCUT2D eigenvalue weighted by Crippen LogP contribution is 2.40. The second-order valence-electron chi connectivity index (χ2n) is 10.1. The van der Waals surface area contributed by atoms with Crippen LogP contribution in [0.4, 0.5) is 4.79 Å². The van der Waals surface area contributed by atoms with Crippen LogP contribution in [-0.4, -0.2) is 67.7 Å². The van der Waals surface area contributed by atoms with Gasteiger partial charge in [-0.25, -0.2) is 9.59 Å². The lowest BCUT2D eigenvalue weighted by Gasteiger charge is -2.36. The number of piperazine rings is 1. The summed E-state index contributed by atoms with van der Waals surface area (Å²) in [5.41, 5.74) is 3.82. The highest BCUT2D eigenvalue weighted by atomic mass is 35.5. The van der Waals surface area contributed by atoms with Crippen molar-refractivity contribution in [1.82, 2.24) is 15.1 Å². The Morgan fingerprint density at radius 3 is 2.31 bits per heavy atom. The lowest BCUT2D eigenvalue weighted by Crippen LogP contribution is -2.52. The van der Waals surface area contributed by atoms with Crippen LogP contribution in [0.1, 0.15) is 45.5 Å². The Labute approximate surface area is 234 Å². The van der Waals surface area contributed by atoms with Gasteiger partial charge in [0.15, 0.2) is 0 Å². The number of nitrogens with one attached hydrogen (secondary N) is 1. The van der Waals surface area contributed by atoms with Crippen LogP contribution in [0.2, 0.25) is 5.02 Å². The number of nitrogens with zero attached hydrogens (tertiary/aromatic N) is 2. The number of methoxy groups -OCH3 is 1. The third kappa shape index (κ3) is 7.18. The van der Waals surface area contributed by atoms with E-state index in [9.17, 15) is 9.59 Å². The summed E-state index contributed by atoms with van der Waals surface area (Å²) in [6.45, 7) is 4.02. The van der Waals surface area contributed by atoms with Gasteiger partial charge in [0.25, 0.3) is 0 Å². The third-order valence-corrected chi connectivity index (χ3v) is 7.73. The molecular formula is C31H34ClN3O4. The molecular weight excluding hydrogens is 514 g/mol. The Hall–Kier alpha value is -3.39. The van der Waals surface area contributed by atoms with Gasteiger partial charge in [0.2, 0.25) is 0 Å². The number of benzene rings is 3. The van der Waals surface area contributed by atoms with Crippen molar-refractivity contribution in [2.45, 2.75) is 31.1 Å². The smallest absolute Gasteiger partial charge is 0.337 e. The molecule has 0 radical (unpaired) electrons. The van der Waals surface area contributed by atoms with Gasteiger partial charge >= 0.3 is 12.0 Å². The molecule has 3 aromatic carbocycles. The lowest BCUT2D eigenvalue weighted by atomic mass is 10.1. The van der Waals surface area contributed by atoms with E-state index < -0.39 is 0 Å². The van der Waals surface area contributed by atoms with Crippen molar-refractivity contribution in [1.29, 1.82) is 0 Å². The number of hydrogen-bond donors (Lipinski definition) is 1. The Bertz CT molecular complexity index is 1250. The molecule has 5 rings (SSSR count). The minimum absolute atomic E-state index is 0.0268. The van der Waals surface area contributed by atoms with Gasteiger partial charge in [-0.1, -0.05) is 66.2 Å². The molecule has 7 nitrogen and oxygen atoms in total. The Morgan fingerprint density at radius 1 is 0.949 bits per heavy atom. The van der Waals surface area contributed by atoms with E-state index in [2.05, 4.69) is 22.3 Å².